The van der Waals surface area contributed by atoms with Gasteiger partial charge in [-0.15, -0.1) is 11.3 Å². The number of thiophene rings is 1. The minimum absolute atomic E-state index is 0.101. The third-order valence-corrected chi connectivity index (χ3v) is 4.95. The van der Waals surface area contributed by atoms with Crippen LogP contribution in [0.15, 0.2) is 36.4 Å². The molecule has 1 aromatic carbocycles. The van der Waals surface area contributed by atoms with Crippen LogP contribution in [0.1, 0.15) is 38.6 Å². The molecule has 3 nitrogen and oxygen atoms in total. The van der Waals surface area contributed by atoms with E-state index in [0.717, 1.165) is 17.5 Å². The number of hydrogen-bond donors (Lipinski definition) is 2. The number of benzene rings is 1. The van der Waals surface area contributed by atoms with Gasteiger partial charge in [-0.2, -0.15) is 0 Å². The molecule has 104 valence electrons. The fraction of sp³-hybridized carbons (Fsp3) is 0.312. The van der Waals surface area contributed by atoms with E-state index in [1.165, 1.54) is 16.2 Å². The van der Waals surface area contributed by atoms with E-state index in [9.17, 15) is 9.90 Å². The van der Waals surface area contributed by atoms with Crippen LogP contribution in [0, 0.1) is 0 Å². The van der Waals surface area contributed by atoms with Crippen LogP contribution in [-0.2, 0) is 12.8 Å². The van der Waals surface area contributed by atoms with Crippen LogP contribution >= 0.6 is 11.3 Å². The molecule has 1 aliphatic carbocycles. The SMILES string of the molecule is CCc1ccc(C(=O)NC2c3ccccc3CC2O)s1. The van der Waals surface area contributed by atoms with Gasteiger partial charge in [-0.25, -0.2) is 0 Å². The lowest BCUT2D eigenvalue weighted by Crippen LogP contribution is -2.33. The molecule has 0 saturated carbocycles. The van der Waals surface area contributed by atoms with E-state index in [0.29, 0.717) is 11.3 Å². The number of carbonyl (C=O) groups excluding carboxylic acids is 1. The summed E-state index contributed by atoms with van der Waals surface area (Å²) in [4.78, 5) is 14.2. The van der Waals surface area contributed by atoms with Crippen molar-refractivity contribution in [2.24, 2.45) is 0 Å². The molecule has 0 spiro atoms. The molecular weight excluding hydrogens is 270 g/mol. The molecule has 2 unspecified atom stereocenters. The molecule has 0 fully saturated rings. The van der Waals surface area contributed by atoms with E-state index in [2.05, 4.69) is 12.2 Å². The summed E-state index contributed by atoms with van der Waals surface area (Å²) in [5, 5.41) is 13.1. The Bertz CT molecular complexity index is 635. The lowest BCUT2D eigenvalue weighted by Gasteiger charge is -2.17. The Hall–Kier alpha value is -1.65. The lowest BCUT2D eigenvalue weighted by atomic mass is 10.1. The van der Waals surface area contributed by atoms with Crippen molar-refractivity contribution < 1.29 is 9.90 Å². The molecule has 3 rings (SSSR count). The van der Waals surface area contributed by atoms with Crippen LogP contribution < -0.4 is 5.32 Å². The third-order valence-electron chi connectivity index (χ3n) is 3.72. The summed E-state index contributed by atoms with van der Waals surface area (Å²) in [7, 11) is 0. The molecule has 2 N–H and O–H groups in total. The van der Waals surface area contributed by atoms with Gasteiger partial charge in [0.2, 0.25) is 0 Å². The highest BCUT2D eigenvalue weighted by molar-refractivity contribution is 7.14. The summed E-state index contributed by atoms with van der Waals surface area (Å²) in [6, 6.07) is 11.4. The van der Waals surface area contributed by atoms with Crippen LogP contribution in [0.5, 0.6) is 0 Å². The quantitative estimate of drug-likeness (QED) is 0.912. The first-order valence-corrected chi connectivity index (χ1v) is 7.66. The molecule has 1 amide bonds. The van der Waals surface area contributed by atoms with Crippen molar-refractivity contribution in [3.8, 4) is 0 Å². The second-order valence-corrected chi connectivity index (χ2v) is 6.21. The molecule has 2 aromatic rings. The molecule has 0 aliphatic heterocycles. The Morgan fingerprint density at radius 2 is 2.15 bits per heavy atom. The number of aliphatic hydroxyl groups is 1. The minimum Gasteiger partial charge on any atom is -0.390 e. The summed E-state index contributed by atoms with van der Waals surface area (Å²) < 4.78 is 0. The highest BCUT2D eigenvalue weighted by atomic mass is 32.1. The van der Waals surface area contributed by atoms with E-state index < -0.39 is 6.10 Å². The number of amides is 1. The Morgan fingerprint density at radius 1 is 1.35 bits per heavy atom. The number of nitrogens with one attached hydrogen (secondary N) is 1. The zero-order valence-corrected chi connectivity index (χ0v) is 12.1. The highest BCUT2D eigenvalue weighted by Gasteiger charge is 2.32. The van der Waals surface area contributed by atoms with Gasteiger partial charge < -0.3 is 10.4 Å². The summed E-state index contributed by atoms with van der Waals surface area (Å²) in [5.41, 5.74) is 2.14. The topological polar surface area (TPSA) is 49.3 Å². The van der Waals surface area contributed by atoms with Crippen molar-refractivity contribution in [1.82, 2.24) is 5.32 Å². The molecule has 1 aliphatic rings. The predicted molar refractivity (Wildman–Crippen MR) is 80.1 cm³/mol. The van der Waals surface area contributed by atoms with Gasteiger partial charge in [0.1, 0.15) is 0 Å². The highest BCUT2D eigenvalue weighted by Crippen LogP contribution is 2.31. The second kappa shape index (κ2) is 5.38. The summed E-state index contributed by atoms with van der Waals surface area (Å²) in [6.45, 7) is 2.07. The molecule has 0 saturated heterocycles. The number of aryl methyl sites for hydroxylation is 1. The number of hydrogen-bond acceptors (Lipinski definition) is 3. The minimum atomic E-state index is -0.540. The predicted octanol–water partition coefficient (Wildman–Crippen LogP) is 2.70. The summed E-state index contributed by atoms with van der Waals surface area (Å²) in [5.74, 6) is -0.101. The Balaban J connectivity index is 1.79. The monoisotopic (exact) mass is 287 g/mol. The van der Waals surface area contributed by atoms with Gasteiger partial charge in [0.15, 0.2) is 0 Å². The van der Waals surface area contributed by atoms with Gasteiger partial charge >= 0.3 is 0 Å². The molecule has 4 heteroatoms. The van der Waals surface area contributed by atoms with Crippen molar-refractivity contribution in [3.05, 3.63) is 57.3 Å². The van der Waals surface area contributed by atoms with Crippen LogP contribution in [0.2, 0.25) is 0 Å². The average molecular weight is 287 g/mol. The third kappa shape index (κ3) is 2.37. The number of aliphatic hydroxyl groups excluding tert-OH is 1. The van der Waals surface area contributed by atoms with Crippen molar-refractivity contribution >= 4 is 17.2 Å². The van der Waals surface area contributed by atoms with Crippen LogP contribution in [0.25, 0.3) is 0 Å². The van der Waals surface area contributed by atoms with Crippen molar-refractivity contribution in [1.29, 1.82) is 0 Å². The Labute approximate surface area is 122 Å². The van der Waals surface area contributed by atoms with Gasteiger partial charge in [0.05, 0.1) is 17.0 Å². The van der Waals surface area contributed by atoms with E-state index >= 15 is 0 Å². The van der Waals surface area contributed by atoms with Gasteiger partial charge in [-0.05, 0) is 29.7 Å². The molecule has 1 heterocycles. The Morgan fingerprint density at radius 3 is 2.90 bits per heavy atom. The fourth-order valence-electron chi connectivity index (χ4n) is 2.65. The van der Waals surface area contributed by atoms with E-state index in [1.807, 2.05) is 36.4 Å². The summed E-state index contributed by atoms with van der Waals surface area (Å²) in [6.07, 6.45) is 1.00. The summed E-state index contributed by atoms with van der Waals surface area (Å²) >= 11 is 1.51. The number of fused-ring (bicyclic) bond motifs is 1. The van der Waals surface area contributed by atoms with E-state index in [-0.39, 0.29) is 11.9 Å². The van der Waals surface area contributed by atoms with Crippen LogP contribution in [-0.4, -0.2) is 17.1 Å². The van der Waals surface area contributed by atoms with Gasteiger partial charge in [-0.1, -0.05) is 31.2 Å². The Kier molecular flexibility index (Phi) is 3.59. The second-order valence-electron chi connectivity index (χ2n) is 5.04. The number of carbonyl (C=O) groups is 1. The van der Waals surface area contributed by atoms with Crippen LogP contribution in [0.4, 0.5) is 0 Å². The molecule has 2 atom stereocenters. The molecule has 20 heavy (non-hydrogen) atoms. The van der Waals surface area contributed by atoms with Crippen molar-refractivity contribution in [3.63, 3.8) is 0 Å². The maximum Gasteiger partial charge on any atom is 0.261 e. The molecule has 0 radical (unpaired) electrons. The standard InChI is InChI=1S/C16H17NO2S/c1-2-11-7-8-14(20-11)16(19)17-15-12-6-4-3-5-10(12)9-13(15)18/h3-8,13,15,18H,2,9H2,1H3,(H,17,19). The molecule has 1 aromatic heterocycles. The van der Waals surface area contributed by atoms with E-state index in [4.69, 9.17) is 0 Å². The normalized spacial score (nSPS) is 20.7. The zero-order valence-electron chi connectivity index (χ0n) is 11.3. The van der Waals surface area contributed by atoms with Gasteiger partial charge in [0.25, 0.3) is 5.91 Å². The van der Waals surface area contributed by atoms with Gasteiger partial charge in [-0.3, -0.25) is 4.79 Å². The molecular formula is C16H17NO2S. The first-order valence-electron chi connectivity index (χ1n) is 6.84. The van der Waals surface area contributed by atoms with Crippen molar-refractivity contribution in [2.75, 3.05) is 0 Å². The maximum absolute atomic E-state index is 12.3. The largest absolute Gasteiger partial charge is 0.390 e. The average Bonchev–Trinajstić information content (AvgIpc) is 3.04. The smallest absolute Gasteiger partial charge is 0.261 e. The fourth-order valence-corrected chi connectivity index (χ4v) is 3.50. The number of rotatable bonds is 3. The maximum atomic E-state index is 12.3. The van der Waals surface area contributed by atoms with Crippen LogP contribution in [0.3, 0.4) is 0 Å². The van der Waals surface area contributed by atoms with E-state index in [1.54, 1.807) is 0 Å². The molecule has 0 bridgehead atoms. The van der Waals surface area contributed by atoms with Crippen molar-refractivity contribution in [2.45, 2.75) is 31.9 Å². The zero-order chi connectivity index (χ0) is 14.1. The lowest BCUT2D eigenvalue weighted by molar-refractivity contribution is 0.0862. The van der Waals surface area contributed by atoms with Gasteiger partial charge in [0, 0.05) is 11.3 Å². The first-order chi connectivity index (χ1) is 9.69. The first kappa shape index (κ1) is 13.3.